The zero-order valence-corrected chi connectivity index (χ0v) is 17.7. The van der Waals surface area contributed by atoms with Gasteiger partial charge in [0.25, 0.3) is 0 Å². The van der Waals surface area contributed by atoms with E-state index in [1.54, 1.807) is 5.19 Å². The third kappa shape index (κ3) is 6.10. The Morgan fingerprint density at radius 1 is 0.696 bits per heavy atom. The summed E-state index contributed by atoms with van der Waals surface area (Å²) in [6.07, 6.45) is 8.27. The highest BCUT2D eigenvalue weighted by Gasteiger charge is 2.33. The van der Waals surface area contributed by atoms with Crippen LogP contribution in [0.2, 0.25) is 18.1 Å². The maximum absolute atomic E-state index is 2.51. The summed E-state index contributed by atoms with van der Waals surface area (Å²) in [6, 6.07) is 14.3. The van der Waals surface area contributed by atoms with Gasteiger partial charge in [-0.3, -0.25) is 0 Å². The van der Waals surface area contributed by atoms with Gasteiger partial charge in [-0.2, -0.15) is 0 Å². The van der Waals surface area contributed by atoms with Crippen LogP contribution in [0.15, 0.2) is 24.3 Å². The van der Waals surface area contributed by atoms with E-state index in [4.69, 9.17) is 0 Å². The van der Waals surface area contributed by atoms with Crippen molar-refractivity contribution >= 4 is 13.3 Å². The van der Waals surface area contributed by atoms with Gasteiger partial charge in [0.15, 0.2) is 0 Å². The van der Waals surface area contributed by atoms with Gasteiger partial charge in [0.05, 0.1) is 8.07 Å². The molecule has 0 unspecified atom stereocenters. The van der Waals surface area contributed by atoms with Crippen LogP contribution < -0.4 is 5.19 Å². The molecule has 1 aromatic carbocycles. The second kappa shape index (κ2) is 9.66. The molecule has 1 rings (SSSR count). The molecule has 0 nitrogen and oxygen atoms in total. The van der Waals surface area contributed by atoms with Crippen molar-refractivity contribution in [2.75, 3.05) is 0 Å². The molecule has 0 bridgehead atoms. The van der Waals surface area contributed by atoms with Crippen molar-refractivity contribution in [1.82, 2.24) is 0 Å². The third-order valence-corrected chi connectivity index (χ3v) is 10.9. The van der Waals surface area contributed by atoms with Crippen LogP contribution in [0.3, 0.4) is 0 Å². The zero-order valence-electron chi connectivity index (χ0n) is 16.7. The summed E-state index contributed by atoms with van der Waals surface area (Å²) in [5, 5.41) is 1.74. The van der Waals surface area contributed by atoms with E-state index in [0.717, 1.165) is 0 Å². The molecule has 0 saturated carbocycles. The van der Waals surface area contributed by atoms with Crippen molar-refractivity contribution in [3.05, 3.63) is 29.8 Å². The van der Waals surface area contributed by atoms with Crippen LogP contribution in [0.25, 0.3) is 0 Å². The Balaban J connectivity index is 3.12. The smallest absolute Gasteiger partial charge is 0.0654 e. The molecule has 0 aliphatic carbocycles. The molecule has 0 aromatic heterocycles. The van der Waals surface area contributed by atoms with Gasteiger partial charge in [0.1, 0.15) is 0 Å². The van der Waals surface area contributed by atoms with Crippen LogP contribution in [0, 0.1) is 0 Å². The maximum Gasteiger partial charge on any atom is 0.0867 e. The summed E-state index contributed by atoms with van der Waals surface area (Å²) in [5.74, 6) is 0. The van der Waals surface area contributed by atoms with Crippen LogP contribution >= 0.6 is 0 Å². The molecule has 132 valence electrons. The maximum atomic E-state index is 2.51. The van der Waals surface area contributed by atoms with Gasteiger partial charge in [-0.05, 0) is 11.0 Å². The van der Waals surface area contributed by atoms with E-state index in [2.05, 4.69) is 65.8 Å². The van der Waals surface area contributed by atoms with Gasteiger partial charge in [-0.25, -0.2) is 0 Å². The fourth-order valence-corrected chi connectivity index (χ4v) is 9.26. The normalized spacial score (nSPS) is 12.6. The number of benzene rings is 1. The summed E-state index contributed by atoms with van der Waals surface area (Å²) < 4.78 is 0. The first-order valence-electron chi connectivity index (χ1n) is 10.0. The lowest BCUT2D eigenvalue weighted by molar-refractivity contribution is 0.590. The van der Waals surface area contributed by atoms with Gasteiger partial charge in [-0.1, -0.05) is 128 Å². The fourth-order valence-electron chi connectivity index (χ4n) is 3.68. The van der Waals surface area contributed by atoms with Crippen molar-refractivity contribution in [2.45, 2.75) is 104 Å². The molecular formula is C22H40Si. The van der Waals surface area contributed by atoms with E-state index in [9.17, 15) is 0 Å². The first-order chi connectivity index (χ1) is 10.9. The summed E-state index contributed by atoms with van der Waals surface area (Å²) in [4.78, 5) is 0. The predicted molar refractivity (Wildman–Crippen MR) is 110 cm³/mol. The molecule has 0 heterocycles. The second-order valence-electron chi connectivity index (χ2n) is 8.42. The number of hydrogen-bond donors (Lipinski definition) is 0. The monoisotopic (exact) mass is 332 g/mol. The zero-order chi connectivity index (χ0) is 17.3. The molecule has 0 fully saturated rings. The minimum atomic E-state index is -1.32. The van der Waals surface area contributed by atoms with E-state index in [-0.39, 0.29) is 5.41 Å². The third-order valence-electron chi connectivity index (χ3n) is 5.39. The summed E-state index contributed by atoms with van der Waals surface area (Å²) in [7, 11) is -1.32. The second-order valence-corrected chi connectivity index (χ2v) is 13.1. The van der Waals surface area contributed by atoms with Crippen LogP contribution in [0.5, 0.6) is 0 Å². The summed E-state index contributed by atoms with van der Waals surface area (Å²) in [6.45, 7) is 14.0. The standard InChI is InChI=1S/C22H40Si/c1-7-10-17-23(18-11-8-2,19-12-9-3)21-15-13-20(14-16-21)22(4,5)6/h13-16H,7-12,17-19H2,1-6H3. The van der Waals surface area contributed by atoms with Crippen molar-refractivity contribution in [3.8, 4) is 0 Å². The van der Waals surface area contributed by atoms with Crippen LogP contribution in [0.4, 0.5) is 0 Å². The van der Waals surface area contributed by atoms with Gasteiger partial charge in [0, 0.05) is 0 Å². The van der Waals surface area contributed by atoms with Gasteiger partial charge >= 0.3 is 0 Å². The fraction of sp³-hybridized carbons (Fsp3) is 0.727. The average molecular weight is 333 g/mol. The number of hydrogen-bond acceptors (Lipinski definition) is 0. The molecule has 0 radical (unpaired) electrons. The Bertz CT molecular complexity index is 403. The molecule has 23 heavy (non-hydrogen) atoms. The lowest BCUT2D eigenvalue weighted by Gasteiger charge is -2.33. The molecule has 0 N–H and O–H groups in total. The number of rotatable bonds is 10. The Labute approximate surface area is 147 Å². The van der Waals surface area contributed by atoms with Gasteiger partial charge in [-0.15, -0.1) is 0 Å². The van der Waals surface area contributed by atoms with E-state index < -0.39 is 8.07 Å². The Kier molecular flexibility index (Phi) is 8.61. The van der Waals surface area contributed by atoms with E-state index in [1.807, 2.05) is 0 Å². The molecule has 0 spiro atoms. The van der Waals surface area contributed by atoms with E-state index in [1.165, 1.54) is 62.2 Å². The predicted octanol–water partition coefficient (Wildman–Crippen LogP) is 7.04. The van der Waals surface area contributed by atoms with Crippen molar-refractivity contribution in [1.29, 1.82) is 0 Å². The summed E-state index contributed by atoms with van der Waals surface area (Å²) >= 11 is 0. The average Bonchev–Trinajstić information content (AvgIpc) is 2.54. The van der Waals surface area contributed by atoms with Crippen LogP contribution in [0.1, 0.15) is 85.6 Å². The lowest BCUT2D eigenvalue weighted by atomic mass is 9.87. The SMILES string of the molecule is CCCC[Si](CCCC)(CCCC)c1ccc(C(C)(C)C)cc1. The molecule has 0 aliphatic heterocycles. The van der Waals surface area contributed by atoms with E-state index in [0.29, 0.717) is 0 Å². The highest BCUT2D eigenvalue weighted by Crippen LogP contribution is 2.29. The van der Waals surface area contributed by atoms with E-state index >= 15 is 0 Å². The summed E-state index contributed by atoms with van der Waals surface area (Å²) in [5.41, 5.74) is 1.74. The largest absolute Gasteiger partial charge is 0.0867 e. The quantitative estimate of drug-likeness (QED) is 0.403. The molecule has 1 aromatic rings. The van der Waals surface area contributed by atoms with Gasteiger partial charge in [0.2, 0.25) is 0 Å². The molecule has 0 aliphatic rings. The molecule has 1 heteroatoms. The van der Waals surface area contributed by atoms with Crippen LogP contribution in [-0.4, -0.2) is 8.07 Å². The van der Waals surface area contributed by atoms with Crippen molar-refractivity contribution in [2.24, 2.45) is 0 Å². The first-order valence-corrected chi connectivity index (χ1v) is 12.6. The van der Waals surface area contributed by atoms with Crippen molar-refractivity contribution < 1.29 is 0 Å². The lowest BCUT2D eigenvalue weighted by Crippen LogP contribution is -2.47. The van der Waals surface area contributed by atoms with Crippen molar-refractivity contribution in [3.63, 3.8) is 0 Å². The number of unbranched alkanes of at least 4 members (excludes halogenated alkanes) is 3. The molecule has 0 amide bonds. The van der Waals surface area contributed by atoms with Gasteiger partial charge < -0.3 is 0 Å². The minimum Gasteiger partial charge on any atom is -0.0654 e. The van der Waals surface area contributed by atoms with Crippen LogP contribution in [-0.2, 0) is 5.41 Å². The minimum absolute atomic E-state index is 0.263. The first kappa shape index (κ1) is 20.5. The molecular weight excluding hydrogens is 292 g/mol. The molecule has 0 saturated heterocycles. The Morgan fingerprint density at radius 2 is 1.09 bits per heavy atom. The Morgan fingerprint density at radius 3 is 1.39 bits per heavy atom. The topological polar surface area (TPSA) is 0 Å². The highest BCUT2D eigenvalue weighted by molar-refractivity contribution is 6.91. The molecule has 0 atom stereocenters. The Hall–Kier alpha value is -0.563. The highest BCUT2D eigenvalue weighted by atomic mass is 28.3.